The Labute approximate surface area is 265 Å². The van der Waals surface area contributed by atoms with Crippen LogP contribution in [0.15, 0.2) is 121 Å². The van der Waals surface area contributed by atoms with Gasteiger partial charge in [0, 0.05) is 18.1 Å². The smallest absolute Gasteiger partial charge is 0.335 e. The first-order valence-corrected chi connectivity index (χ1v) is 15.0. The van der Waals surface area contributed by atoms with Gasteiger partial charge in [-0.3, -0.25) is 4.79 Å². The summed E-state index contributed by atoms with van der Waals surface area (Å²) in [7, 11) is 0. The number of aromatic carboxylic acids is 1. The predicted molar refractivity (Wildman–Crippen MR) is 175 cm³/mol. The van der Waals surface area contributed by atoms with Crippen molar-refractivity contribution in [1.82, 2.24) is 9.88 Å². The van der Waals surface area contributed by atoms with Crippen molar-refractivity contribution in [3.63, 3.8) is 0 Å². The second-order valence-corrected chi connectivity index (χ2v) is 11.7. The number of fused-ring (bicyclic) bond motifs is 1. The highest BCUT2D eigenvalue weighted by Gasteiger charge is 2.46. The van der Waals surface area contributed by atoms with Crippen molar-refractivity contribution in [3.8, 4) is 28.3 Å². The van der Waals surface area contributed by atoms with Gasteiger partial charge in [0.2, 0.25) is 0 Å². The number of carboxylic acids is 1. The number of hydrogen-bond acceptors (Lipinski definition) is 3. The summed E-state index contributed by atoms with van der Waals surface area (Å²) in [6.45, 7) is 0.518. The number of carbonyl (C=O) groups is 2. The Hall–Kier alpha value is -6.00. The number of benzene rings is 5. The van der Waals surface area contributed by atoms with Crippen LogP contribution in [0.25, 0.3) is 33.2 Å². The van der Waals surface area contributed by atoms with Crippen LogP contribution in [-0.2, 0) is 12.1 Å². The van der Waals surface area contributed by atoms with E-state index in [0.29, 0.717) is 23.2 Å². The van der Waals surface area contributed by atoms with Gasteiger partial charge in [-0.15, -0.1) is 0 Å². The summed E-state index contributed by atoms with van der Waals surface area (Å²) >= 11 is 0. The van der Waals surface area contributed by atoms with Gasteiger partial charge < -0.3 is 15.0 Å². The Morgan fingerprint density at radius 3 is 2.28 bits per heavy atom. The van der Waals surface area contributed by atoms with Gasteiger partial charge in [-0.05, 0) is 101 Å². The van der Waals surface area contributed by atoms with E-state index >= 15 is 0 Å². The fourth-order valence-corrected chi connectivity index (χ4v) is 6.15. The molecule has 0 aliphatic heterocycles. The monoisotopic (exact) mass is 605 g/mol. The Bertz CT molecular complexity index is 2180. The molecule has 7 heteroatoms. The van der Waals surface area contributed by atoms with Crippen LogP contribution in [-0.4, -0.2) is 21.6 Å². The molecular weight excluding hydrogens is 577 g/mol. The van der Waals surface area contributed by atoms with Crippen LogP contribution in [0.3, 0.4) is 0 Å². The maximum absolute atomic E-state index is 14.5. The average molecular weight is 606 g/mol. The number of nitrogens with zero attached hydrogens (tertiary/aromatic N) is 2. The van der Waals surface area contributed by atoms with Gasteiger partial charge in [0.1, 0.15) is 5.82 Å². The number of carboxylic acid groups (broad SMARTS) is 1. The molecular formula is C39H28FN3O3. The van der Waals surface area contributed by atoms with Gasteiger partial charge in [-0.1, -0.05) is 60.7 Å². The van der Waals surface area contributed by atoms with Gasteiger partial charge in [-0.25, -0.2) is 9.18 Å². The molecule has 2 N–H and O–H groups in total. The van der Waals surface area contributed by atoms with Crippen molar-refractivity contribution in [2.45, 2.75) is 24.9 Å². The number of nitrogens with one attached hydrogen (secondary N) is 1. The third-order valence-corrected chi connectivity index (χ3v) is 8.64. The van der Waals surface area contributed by atoms with E-state index in [1.807, 2.05) is 53.2 Å². The maximum Gasteiger partial charge on any atom is 0.335 e. The first kappa shape index (κ1) is 28.8. The fraction of sp³-hybridized carbons (Fsp3) is 0.103. The number of nitriles is 1. The maximum atomic E-state index is 14.5. The molecule has 1 heterocycles. The lowest BCUT2D eigenvalue weighted by molar-refractivity contribution is 0.0696. The van der Waals surface area contributed by atoms with E-state index in [4.69, 9.17) is 0 Å². The highest BCUT2D eigenvalue weighted by molar-refractivity contribution is 6.08. The Balaban J connectivity index is 1.30. The summed E-state index contributed by atoms with van der Waals surface area (Å²) in [5.74, 6) is -1.83. The van der Waals surface area contributed by atoms with Crippen LogP contribution in [0.1, 0.15) is 50.2 Å². The normalized spacial score (nSPS) is 13.2. The summed E-state index contributed by atoms with van der Waals surface area (Å²) in [6.07, 6.45) is 3.39. The van der Waals surface area contributed by atoms with Crippen LogP contribution >= 0.6 is 0 Å². The zero-order valence-corrected chi connectivity index (χ0v) is 24.7. The SMILES string of the molecule is N#Cc1cc(F)cc(-c2cc(C(=O)NC3(c4ccc(C(=O)O)cc4)CC3)c3c(ccn3Cc3cccc(-c4ccccc4)c3)c2)c1. The lowest BCUT2D eigenvalue weighted by Gasteiger charge is -2.20. The van der Waals surface area contributed by atoms with Gasteiger partial charge >= 0.3 is 5.97 Å². The van der Waals surface area contributed by atoms with E-state index in [1.54, 1.807) is 36.4 Å². The first-order valence-electron chi connectivity index (χ1n) is 15.0. The Kier molecular flexibility index (Phi) is 7.18. The van der Waals surface area contributed by atoms with Gasteiger partial charge in [0.15, 0.2) is 0 Å². The molecule has 0 saturated heterocycles. The minimum absolute atomic E-state index is 0.182. The number of hydrogen-bond donors (Lipinski definition) is 2. The number of halogens is 1. The third-order valence-electron chi connectivity index (χ3n) is 8.64. The van der Waals surface area contributed by atoms with E-state index in [0.717, 1.165) is 46.0 Å². The Morgan fingerprint density at radius 1 is 0.826 bits per heavy atom. The van der Waals surface area contributed by atoms with Crippen LogP contribution in [0.4, 0.5) is 4.39 Å². The summed E-state index contributed by atoms with van der Waals surface area (Å²) in [6, 6.07) is 36.8. The minimum atomic E-state index is -1.01. The molecule has 5 aromatic carbocycles. The fourth-order valence-electron chi connectivity index (χ4n) is 6.15. The lowest BCUT2D eigenvalue weighted by atomic mass is 9.97. The number of carbonyl (C=O) groups excluding carboxylic acids is 1. The molecule has 1 fully saturated rings. The average Bonchev–Trinajstić information content (AvgIpc) is 3.76. The molecule has 1 aromatic heterocycles. The first-order chi connectivity index (χ1) is 22.3. The number of rotatable bonds is 8. The molecule has 0 radical (unpaired) electrons. The van der Waals surface area contributed by atoms with E-state index < -0.39 is 17.3 Å². The second-order valence-electron chi connectivity index (χ2n) is 11.7. The molecule has 7 rings (SSSR count). The summed E-state index contributed by atoms with van der Waals surface area (Å²) in [4.78, 5) is 25.6. The molecule has 1 aliphatic carbocycles. The van der Waals surface area contributed by atoms with E-state index in [-0.39, 0.29) is 17.0 Å². The van der Waals surface area contributed by atoms with Crippen LogP contribution in [0.5, 0.6) is 0 Å². The lowest BCUT2D eigenvalue weighted by Crippen LogP contribution is -2.35. The van der Waals surface area contributed by atoms with Crippen molar-refractivity contribution in [2.24, 2.45) is 0 Å². The van der Waals surface area contributed by atoms with Crippen LogP contribution in [0, 0.1) is 17.1 Å². The van der Waals surface area contributed by atoms with E-state index in [1.165, 1.54) is 12.1 Å². The molecule has 0 atom stereocenters. The molecule has 0 bridgehead atoms. The quantitative estimate of drug-likeness (QED) is 0.183. The van der Waals surface area contributed by atoms with E-state index in [9.17, 15) is 24.3 Å². The van der Waals surface area contributed by atoms with Crippen LogP contribution < -0.4 is 5.32 Å². The number of amides is 1. The largest absolute Gasteiger partial charge is 0.478 e. The summed E-state index contributed by atoms with van der Waals surface area (Å²) in [5.41, 5.74) is 6.17. The topological polar surface area (TPSA) is 95.1 Å². The van der Waals surface area contributed by atoms with E-state index in [2.05, 4.69) is 35.6 Å². The van der Waals surface area contributed by atoms with Crippen molar-refractivity contribution in [2.75, 3.05) is 0 Å². The van der Waals surface area contributed by atoms with Gasteiger partial charge in [0.05, 0.1) is 33.8 Å². The standard InChI is InChI=1S/C39H28FN3O3/c40-34-19-26(23-41)18-31(21-34)32-20-30-13-16-43(24-25-5-4-8-29(17-25)27-6-2-1-3-7-27)36(30)35(22-32)37(44)42-39(14-15-39)33-11-9-28(10-12-33)38(45)46/h1-13,16-22H,14-15,24H2,(H,42,44)(H,45,46). The zero-order valence-electron chi connectivity index (χ0n) is 24.7. The summed E-state index contributed by atoms with van der Waals surface area (Å²) in [5, 5.41) is 22.8. The van der Waals surface area contributed by atoms with Gasteiger partial charge in [0.25, 0.3) is 5.91 Å². The Morgan fingerprint density at radius 2 is 1.57 bits per heavy atom. The molecule has 1 saturated carbocycles. The molecule has 6 aromatic rings. The second kappa shape index (κ2) is 11.5. The number of aromatic nitrogens is 1. The molecule has 1 aliphatic rings. The highest BCUT2D eigenvalue weighted by atomic mass is 19.1. The predicted octanol–water partition coefficient (Wildman–Crippen LogP) is 8.15. The highest BCUT2D eigenvalue weighted by Crippen LogP contribution is 2.46. The van der Waals surface area contributed by atoms with Gasteiger partial charge in [-0.2, -0.15) is 5.26 Å². The summed E-state index contributed by atoms with van der Waals surface area (Å²) < 4.78 is 16.5. The van der Waals surface area contributed by atoms with Crippen molar-refractivity contribution in [3.05, 3.63) is 155 Å². The third kappa shape index (κ3) is 5.53. The molecule has 6 nitrogen and oxygen atoms in total. The molecule has 1 amide bonds. The minimum Gasteiger partial charge on any atom is -0.478 e. The van der Waals surface area contributed by atoms with Crippen molar-refractivity contribution < 1.29 is 19.1 Å². The van der Waals surface area contributed by atoms with Crippen molar-refractivity contribution in [1.29, 1.82) is 5.26 Å². The van der Waals surface area contributed by atoms with Crippen molar-refractivity contribution >= 4 is 22.8 Å². The van der Waals surface area contributed by atoms with Crippen LogP contribution in [0.2, 0.25) is 0 Å². The zero-order chi connectivity index (χ0) is 31.8. The molecule has 0 spiro atoms. The molecule has 224 valence electrons. The molecule has 46 heavy (non-hydrogen) atoms. The molecule has 0 unspecified atom stereocenters.